The van der Waals surface area contributed by atoms with E-state index in [4.69, 9.17) is 5.11 Å². The fourth-order valence-electron chi connectivity index (χ4n) is 1.36. The summed E-state index contributed by atoms with van der Waals surface area (Å²) in [5.41, 5.74) is 1.71. The number of thiophene rings is 1. The van der Waals surface area contributed by atoms with Crippen LogP contribution in [0.25, 0.3) is 0 Å². The lowest BCUT2D eigenvalue weighted by atomic mass is 10.1. The molecule has 2 heterocycles. The van der Waals surface area contributed by atoms with Crippen molar-refractivity contribution >= 4 is 17.3 Å². The van der Waals surface area contributed by atoms with Crippen molar-refractivity contribution < 1.29 is 9.90 Å². The number of aromatic carboxylic acids is 1. The normalized spacial score (nSPS) is 10.1. The molecular formula is C11H9NO2S. The highest BCUT2D eigenvalue weighted by atomic mass is 32.1. The van der Waals surface area contributed by atoms with Gasteiger partial charge in [-0.1, -0.05) is 6.07 Å². The van der Waals surface area contributed by atoms with Crippen molar-refractivity contribution in [3.05, 3.63) is 52.0 Å². The molecular weight excluding hydrogens is 210 g/mol. The second-order valence-electron chi connectivity index (χ2n) is 3.08. The zero-order chi connectivity index (χ0) is 10.7. The first-order valence-corrected chi connectivity index (χ1v) is 5.35. The molecule has 1 N–H and O–H groups in total. The van der Waals surface area contributed by atoms with Gasteiger partial charge in [-0.2, -0.15) is 0 Å². The minimum atomic E-state index is -0.865. The molecule has 0 saturated carbocycles. The van der Waals surface area contributed by atoms with Crippen LogP contribution in [0.15, 0.2) is 35.8 Å². The Hall–Kier alpha value is -1.68. The van der Waals surface area contributed by atoms with E-state index < -0.39 is 5.97 Å². The molecule has 0 atom stereocenters. The number of rotatable bonds is 3. The number of hydrogen-bond acceptors (Lipinski definition) is 3. The monoisotopic (exact) mass is 219 g/mol. The minimum absolute atomic E-state index is 0.403. The number of pyridine rings is 1. The van der Waals surface area contributed by atoms with E-state index in [1.807, 2.05) is 24.3 Å². The molecule has 0 saturated heterocycles. The highest BCUT2D eigenvalue weighted by Gasteiger charge is 2.11. The zero-order valence-corrected chi connectivity index (χ0v) is 8.70. The molecule has 4 heteroatoms. The van der Waals surface area contributed by atoms with Crippen molar-refractivity contribution in [2.45, 2.75) is 6.42 Å². The molecule has 0 amide bonds. The summed E-state index contributed by atoms with van der Waals surface area (Å²) in [5, 5.41) is 10.7. The van der Waals surface area contributed by atoms with Crippen LogP contribution in [0.4, 0.5) is 0 Å². The summed E-state index contributed by atoms with van der Waals surface area (Å²) in [5.74, 6) is -0.865. The van der Waals surface area contributed by atoms with Crippen LogP contribution < -0.4 is 0 Å². The third-order valence-electron chi connectivity index (χ3n) is 2.04. The van der Waals surface area contributed by atoms with Gasteiger partial charge in [-0.15, -0.1) is 11.3 Å². The quantitative estimate of drug-likeness (QED) is 0.862. The number of hydrogen-bond donors (Lipinski definition) is 1. The summed E-state index contributed by atoms with van der Waals surface area (Å²) in [6, 6.07) is 7.47. The lowest BCUT2D eigenvalue weighted by Gasteiger charge is -1.99. The Morgan fingerprint density at radius 3 is 2.93 bits per heavy atom. The van der Waals surface area contributed by atoms with Crippen molar-refractivity contribution in [2.24, 2.45) is 0 Å². The Morgan fingerprint density at radius 1 is 1.40 bits per heavy atom. The maximum atomic E-state index is 10.9. The molecule has 15 heavy (non-hydrogen) atoms. The summed E-state index contributed by atoms with van der Waals surface area (Å²) >= 11 is 1.25. The number of carboxylic acids is 1. The minimum Gasteiger partial charge on any atom is -0.477 e. The van der Waals surface area contributed by atoms with Crippen molar-refractivity contribution in [3.63, 3.8) is 0 Å². The van der Waals surface area contributed by atoms with Gasteiger partial charge < -0.3 is 5.11 Å². The highest BCUT2D eigenvalue weighted by molar-refractivity contribution is 7.12. The molecule has 76 valence electrons. The van der Waals surface area contributed by atoms with Gasteiger partial charge in [-0.3, -0.25) is 4.98 Å². The molecule has 2 rings (SSSR count). The zero-order valence-electron chi connectivity index (χ0n) is 7.88. The van der Waals surface area contributed by atoms with Crippen LogP contribution in [0.2, 0.25) is 0 Å². The first kappa shape index (κ1) is 9.86. The first-order chi connectivity index (χ1) is 7.27. The number of carboxylic acid groups (broad SMARTS) is 1. The Bertz CT molecular complexity index is 464. The molecule has 0 aliphatic carbocycles. The number of carbonyl (C=O) groups is 1. The predicted molar refractivity (Wildman–Crippen MR) is 58.3 cm³/mol. The molecule has 0 spiro atoms. The molecule has 0 radical (unpaired) electrons. The lowest BCUT2D eigenvalue weighted by Crippen LogP contribution is -1.99. The molecule has 0 unspecified atom stereocenters. The Morgan fingerprint density at radius 2 is 2.27 bits per heavy atom. The van der Waals surface area contributed by atoms with E-state index >= 15 is 0 Å². The van der Waals surface area contributed by atoms with Crippen molar-refractivity contribution in [3.8, 4) is 0 Å². The SMILES string of the molecule is O=C(O)c1sccc1Cc1ccccn1. The van der Waals surface area contributed by atoms with Crippen molar-refractivity contribution in [2.75, 3.05) is 0 Å². The number of aromatic nitrogens is 1. The van der Waals surface area contributed by atoms with E-state index in [0.29, 0.717) is 11.3 Å². The third-order valence-corrected chi connectivity index (χ3v) is 2.98. The van der Waals surface area contributed by atoms with Crippen LogP contribution in [0.1, 0.15) is 20.9 Å². The van der Waals surface area contributed by atoms with Crippen LogP contribution in [0.5, 0.6) is 0 Å². The van der Waals surface area contributed by atoms with Gasteiger partial charge in [0.15, 0.2) is 0 Å². The van der Waals surface area contributed by atoms with Gasteiger partial charge in [0, 0.05) is 18.3 Å². The third kappa shape index (κ3) is 2.22. The molecule has 0 fully saturated rings. The number of nitrogens with zero attached hydrogens (tertiary/aromatic N) is 1. The van der Waals surface area contributed by atoms with E-state index in [-0.39, 0.29) is 0 Å². The molecule has 0 aliphatic rings. The Kier molecular flexibility index (Phi) is 2.78. The maximum absolute atomic E-state index is 10.9. The first-order valence-electron chi connectivity index (χ1n) is 4.47. The van der Waals surface area contributed by atoms with Gasteiger partial charge in [0.05, 0.1) is 0 Å². The van der Waals surface area contributed by atoms with Crippen LogP contribution in [-0.4, -0.2) is 16.1 Å². The fourth-order valence-corrected chi connectivity index (χ4v) is 2.12. The van der Waals surface area contributed by atoms with Gasteiger partial charge in [-0.05, 0) is 29.1 Å². The second kappa shape index (κ2) is 4.23. The van der Waals surface area contributed by atoms with Gasteiger partial charge >= 0.3 is 5.97 Å². The summed E-state index contributed by atoms with van der Waals surface area (Å²) in [6.07, 6.45) is 2.29. The summed E-state index contributed by atoms with van der Waals surface area (Å²) < 4.78 is 0. The largest absolute Gasteiger partial charge is 0.477 e. The average Bonchev–Trinajstić information content (AvgIpc) is 2.67. The highest BCUT2D eigenvalue weighted by Crippen LogP contribution is 2.19. The van der Waals surface area contributed by atoms with Gasteiger partial charge in [0.25, 0.3) is 0 Å². The molecule has 2 aromatic heterocycles. The van der Waals surface area contributed by atoms with E-state index in [9.17, 15) is 4.79 Å². The van der Waals surface area contributed by atoms with Crippen LogP contribution >= 0.6 is 11.3 Å². The topological polar surface area (TPSA) is 50.2 Å². The molecule has 2 aromatic rings. The van der Waals surface area contributed by atoms with Crippen LogP contribution in [0, 0.1) is 0 Å². The Balaban J connectivity index is 2.25. The van der Waals surface area contributed by atoms with E-state index in [0.717, 1.165) is 11.3 Å². The van der Waals surface area contributed by atoms with E-state index in [2.05, 4.69) is 4.98 Å². The Labute approximate surface area is 91.0 Å². The predicted octanol–water partition coefficient (Wildman–Crippen LogP) is 2.43. The van der Waals surface area contributed by atoms with Crippen molar-refractivity contribution in [1.82, 2.24) is 4.98 Å². The van der Waals surface area contributed by atoms with Gasteiger partial charge in [-0.25, -0.2) is 4.79 Å². The smallest absolute Gasteiger partial charge is 0.346 e. The fraction of sp³-hybridized carbons (Fsp3) is 0.0909. The van der Waals surface area contributed by atoms with Gasteiger partial charge in [0.1, 0.15) is 4.88 Å². The van der Waals surface area contributed by atoms with E-state index in [1.165, 1.54) is 11.3 Å². The lowest BCUT2D eigenvalue weighted by molar-refractivity contribution is 0.0701. The summed E-state index contributed by atoms with van der Waals surface area (Å²) in [4.78, 5) is 15.4. The maximum Gasteiger partial charge on any atom is 0.346 e. The summed E-state index contributed by atoms with van der Waals surface area (Å²) in [6.45, 7) is 0. The van der Waals surface area contributed by atoms with Crippen LogP contribution in [0.3, 0.4) is 0 Å². The molecule has 0 aromatic carbocycles. The summed E-state index contributed by atoms with van der Waals surface area (Å²) in [7, 11) is 0. The molecule has 0 bridgehead atoms. The van der Waals surface area contributed by atoms with E-state index in [1.54, 1.807) is 11.6 Å². The average molecular weight is 219 g/mol. The van der Waals surface area contributed by atoms with Gasteiger partial charge in [0.2, 0.25) is 0 Å². The molecule has 0 aliphatic heterocycles. The van der Waals surface area contributed by atoms with Crippen LogP contribution in [-0.2, 0) is 6.42 Å². The van der Waals surface area contributed by atoms with Crippen molar-refractivity contribution in [1.29, 1.82) is 0 Å². The molecule has 3 nitrogen and oxygen atoms in total. The second-order valence-corrected chi connectivity index (χ2v) is 3.99. The standard InChI is InChI=1S/C11H9NO2S/c13-11(14)10-8(4-6-15-10)7-9-3-1-2-5-12-9/h1-6H,7H2,(H,13,14).